The lowest BCUT2D eigenvalue weighted by Gasteiger charge is -2.27. The van der Waals surface area contributed by atoms with Crippen molar-refractivity contribution in [2.45, 2.75) is 43.9 Å². The third kappa shape index (κ3) is 4.36. The SMILES string of the molecule is [NH]c1ncccc1C(=O)c1nc(NC2CCCC([NH])C2)ccc1C(F)(F)F. The Balaban J connectivity index is 1.96. The predicted molar refractivity (Wildman–Crippen MR) is 92.4 cm³/mol. The van der Waals surface area contributed by atoms with Crippen molar-refractivity contribution in [1.29, 1.82) is 0 Å². The zero-order valence-electron chi connectivity index (χ0n) is 14.3. The minimum absolute atomic E-state index is 0.0708. The maximum absolute atomic E-state index is 13.4. The number of alkyl halides is 3. The largest absolute Gasteiger partial charge is 0.418 e. The van der Waals surface area contributed by atoms with E-state index in [1.165, 1.54) is 24.4 Å². The van der Waals surface area contributed by atoms with Gasteiger partial charge in [0.25, 0.3) is 0 Å². The number of nitrogens with zero attached hydrogens (tertiary/aromatic N) is 2. The number of halogens is 3. The topological polar surface area (TPSA) is 102 Å². The lowest BCUT2D eigenvalue weighted by molar-refractivity contribution is -0.138. The Bertz CT molecular complexity index is 840. The molecule has 2 radical (unpaired) electrons. The summed E-state index contributed by atoms with van der Waals surface area (Å²) in [6, 6.07) is 4.37. The molecule has 1 aliphatic carbocycles. The Morgan fingerprint density at radius 2 is 2.00 bits per heavy atom. The second-order valence-electron chi connectivity index (χ2n) is 6.52. The number of carbonyl (C=O) groups excluding carboxylic acids is 1. The van der Waals surface area contributed by atoms with Crippen molar-refractivity contribution >= 4 is 17.4 Å². The first-order chi connectivity index (χ1) is 12.8. The van der Waals surface area contributed by atoms with Crippen LogP contribution in [0.3, 0.4) is 0 Å². The minimum Gasteiger partial charge on any atom is -0.367 e. The van der Waals surface area contributed by atoms with Crippen LogP contribution in [-0.4, -0.2) is 27.8 Å². The number of ketones is 1. The molecule has 0 spiro atoms. The van der Waals surface area contributed by atoms with E-state index in [2.05, 4.69) is 15.3 Å². The average molecular weight is 377 g/mol. The van der Waals surface area contributed by atoms with Crippen LogP contribution in [0.2, 0.25) is 0 Å². The number of hydrogen-bond donors (Lipinski definition) is 1. The highest BCUT2D eigenvalue weighted by Crippen LogP contribution is 2.34. The highest BCUT2D eigenvalue weighted by atomic mass is 19.4. The number of carbonyl (C=O) groups is 1. The molecule has 0 amide bonds. The van der Waals surface area contributed by atoms with Crippen molar-refractivity contribution < 1.29 is 18.0 Å². The molecule has 0 bridgehead atoms. The summed E-state index contributed by atoms with van der Waals surface area (Å²) >= 11 is 0. The van der Waals surface area contributed by atoms with Crippen molar-refractivity contribution in [3.05, 3.63) is 47.3 Å². The summed E-state index contributed by atoms with van der Waals surface area (Å²) < 4.78 is 40.1. The van der Waals surface area contributed by atoms with Crippen molar-refractivity contribution in [2.24, 2.45) is 0 Å². The van der Waals surface area contributed by atoms with E-state index in [1.807, 2.05) is 0 Å². The molecule has 6 nitrogen and oxygen atoms in total. The molecule has 0 aromatic carbocycles. The van der Waals surface area contributed by atoms with Gasteiger partial charge in [-0.25, -0.2) is 9.97 Å². The Kier molecular flexibility index (Phi) is 5.31. The zero-order chi connectivity index (χ0) is 19.6. The molecule has 27 heavy (non-hydrogen) atoms. The van der Waals surface area contributed by atoms with E-state index < -0.39 is 29.0 Å². The Morgan fingerprint density at radius 3 is 2.67 bits per heavy atom. The van der Waals surface area contributed by atoms with E-state index in [4.69, 9.17) is 11.5 Å². The predicted octanol–water partition coefficient (Wildman–Crippen LogP) is 3.65. The summed E-state index contributed by atoms with van der Waals surface area (Å²) in [6.45, 7) is 0. The number of pyridine rings is 2. The van der Waals surface area contributed by atoms with Crippen LogP contribution < -0.4 is 16.8 Å². The molecule has 2 aromatic heterocycles. The fourth-order valence-corrected chi connectivity index (χ4v) is 3.19. The molecule has 0 aliphatic heterocycles. The van der Waals surface area contributed by atoms with E-state index in [9.17, 15) is 18.0 Å². The van der Waals surface area contributed by atoms with Crippen LogP contribution in [0.5, 0.6) is 0 Å². The summed E-state index contributed by atoms with van der Waals surface area (Å²) in [7, 11) is 0. The first-order valence-corrected chi connectivity index (χ1v) is 8.53. The van der Waals surface area contributed by atoms with E-state index >= 15 is 0 Å². The second kappa shape index (κ2) is 7.51. The Hall–Kier alpha value is -2.68. The minimum atomic E-state index is -4.75. The maximum atomic E-state index is 13.4. The van der Waals surface area contributed by atoms with Crippen molar-refractivity contribution in [3.8, 4) is 0 Å². The molecular weight excluding hydrogens is 359 g/mol. The van der Waals surface area contributed by atoms with Gasteiger partial charge in [0.05, 0.1) is 11.1 Å². The number of nitrogens with one attached hydrogen (secondary N) is 3. The van der Waals surface area contributed by atoms with Crippen LogP contribution >= 0.6 is 0 Å². The number of rotatable bonds is 4. The first kappa shape index (κ1) is 19.1. The second-order valence-corrected chi connectivity index (χ2v) is 6.52. The van der Waals surface area contributed by atoms with Crippen molar-refractivity contribution in [2.75, 3.05) is 5.32 Å². The molecule has 3 N–H and O–H groups in total. The van der Waals surface area contributed by atoms with Gasteiger partial charge in [0.1, 0.15) is 11.5 Å². The van der Waals surface area contributed by atoms with E-state index in [1.54, 1.807) is 0 Å². The average Bonchev–Trinajstić information content (AvgIpc) is 2.60. The van der Waals surface area contributed by atoms with Gasteiger partial charge in [-0.15, -0.1) is 0 Å². The van der Waals surface area contributed by atoms with Gasteiger partial charge in [0, 0.05) is 18.3 Å². The number of aromatic nitrogens is 2. The van der Waals surface area contributed by atoms with Gasteiger partial charge in [0.2, 0.25) is 5.78 Å². The monoisotopic (exact) mass is 377 g/mol. The molecule has 9 heteroatoms. The van der Waals surface area contributed by atoms with Crippen LogP contribution in [0.15, 0.2) is 30.5 Å². The molecule has 2 aromatic rings. The van der Waals surface area contributed by atoms with Crippen LogP contribution in [0.25, 0.3) is 0 Å². The standard InChI is InChI=1S/C18H18F3N5O/c19-18(20,21)13-6-7-14(25-11-4-1-3-10(22)9-11)26-15(13)16(27)12-5-2-8-24-17(12)23/h2,5-8,10-11,22-23H,1,3-4,9H2,(H,25,26). The molecule has 2 unspecified atom stereocenters. The molecule has 1 aliphatic rings. The first-order valence-electron chi connectivity index (χ1n) is 8.53. The molecule has 142 valence electrons. The van der Waals surface area contributed by atoms with Gasteiger partial charge >= 0.3 is 6.18 Å². The van der Waals surface area contributed by atoms with Crippen molar-refractivity contribution in [3.63, 3.8) is 0 Å². The van der Waals surface area contributed by atoms with Crippen molar-refractivity contribution in [1.82, 2.24) is 21.4 Å². The zero-order valence-corrected chi connectivity index (χ0v) is 14.3. The third-order valence-corrected chi connectivity index (χ3v) is 4.49. The van der Waals surface area contributed by atoms with Gasteiger partial charge in [-0.05, 0) is 49.9 Å². The summed E-state index contributed by atoms with van der Waals surface area (Å²) in [5, 5.41) is 3.04. The van der Waals surface area contributed by atoms with Crippen LogP contribution in [0, 0.1) is 0 Å². The fourth-order valence-electron chi connectivity index (χ4n) is 3.19. The molecular formula is C18H18F3N5O. The van der Waals surface area contributed by atoms with Gasteiger partial charge in [-0.1, -0.05) is 0 Å². The smallest absolute Gasteiger partial charge is 0.367 e. The molecule has 1 fully saturated rings. The van der Waals surface area contributed by atoms with E-state index in [0.717, 1.165) is 25.3 Å². The number of anilines is 1. The molecule has 1 saturated carbocycles. The van der Waals surface area contributed by atoms with Crippen LogP contribution in [0.1, 0.15) is 47.3 Å². The molecule has 0 saturated heterocycles. The van der Waals surface area contributed by atoms with Crippen LogP contribution in [0.4, 0.5) is 24.8 Å². The van der Waals surface area contributed by atoms with Gasteiger partial charge < -0.3 is 5.32 Å². The normalized spacial score (nSPS) is 20.3. The van der Waals surface area contributed by atoms with Gasteiger partial charge in [0.15, 0.2) is 5.82 Å². The summed E-state index contributed by atoms with van der Waals surface area (Å²) in [5.41, 5.74) is 13.4. The maximum Gasteiger partial charge on any atom is 0.418 e. The van der Waals surface area contributed by atoms with E-state index in [-0.39, 0.29) is 23.5 Å². The number of hydrogen-bond acceptors (Lipinski definition) is 4. The quantitative estimate of drug-likeness (QED) is 0.822. The summed E-state index contributed by atoms with van der Waals surface area (Å²) in [4.78, 5) is 20.2. The lowest BCUT2D eigenvalue weighted by Crippen LogP contribution is -2.31. The summed E-state index contributed by atoms with van der Waals surface area (Å²) in [5.74, 6) is -1.24. The molecule has 2 heterocycles. The molecule has 3 rings (SSSR count). The highest BCUT2D eigenvalue weighted by molar-refractivity contribution is 6.11. The third-order valence-electron chi connectivity index (χ3n) is 4.49. The summed E-state index contributed by atoms with van der Waals surface area (Å²) in [6.07, 6.45) is -0.439. The Morgan fingerprint density at radius 1 is 1.22 bits per heavy atom. The van der Waals surface area contributed by atoms with Crippen LogP contribution in [-0.2, 0) is 6.18 Å². The van der Waals surface area contributed by atoms with E-state index in [0.29, 0.717) is 6.42 Å². The lowest BCUT2D eigenvalue weighted by atomic mass is 9.91. The highest BCUT2D eigenvalue weighted by Gasteiger charge is 2.37. The van der Waals surface area contributed by atoms with Gasteiger partial charge in [-0.2, -0.15) is 13.2 Å². The van der Waals surface area contributed by atoms with Gasteiger partial charge in [-0.3, -0.25) is 16.3 Å². The Labute approximate surface area is 154 Å². The molecule has 2 atom stereocenters. The fraction of sp³-hybridized carbons (Fsp3) is 0.389.